The van der Waals surface area contributed by atoms with Gasteiger partial charge in [-0.2, -0.15) is 0 Å². The molecule has 2 aromatic carbocycles. The molecule has 0 spiro atoms. The minimum atomic E-state index is -0.396. The number of aryl methyl sites for hydroxylation is 1. The molecule has 0 heterocycles. The van der Waals surface area contributed by atoms with E-state index in [1.807, 2.05) is 31.2 Å². The predicted octanol–water partition coefficient (Wildman–Crippen LogP) is 4.59. The van der Waals surface area contributed by atoms with Gasteiger partial charge in [-0.15, -0.1) is 0 Å². The molecule has 98 valence electrons. The van der Waals surface area contributed by atoms with Crippen LogP contribution in [-0.4, -0.2) is 4.92 Å². The topological polar surface area (TPSA) is 52.4 Å². The van der Waals surface area contributed by atoms with Crippen molar-refractivity contribution >= 4 is 21.6 Å². The zero-order valence-corrected chi connectivity index (χ0v) is 11.9. The molecule has 0 radical (unpaired) electrons. The van der Waals surface area contributed by atoms with Crippen LogP contribution in [0.4, 0.5) is 5.69 Å². The minimum absolute atomic E-state index is 0.0912. The number of benzene rings is 2. The Morgan fingerprint density at radius 2 is 1.95 bits per heavy atom. The van der Waals surface area contributed by atoms with Gasteiger partial charge in [0.15, 0.2) is 0 Å². The Bertz CT molecular complexity index is 613. The third kappa shape index (κ3) is 3.32. The molecule has 0 atom stereocenters. The Labute approximate surface area is 119 Å². The van der Waals surface area contributed by atoms with Crippen molar-refractivity contribution in [3.05, 3.63) is 63.7 Å². The van der Waals surface area contributed by atoms with Crippen LogP contribution in [-0.2, 0) is 5.33 Å². The van der Waals surface area contributed by atoms with Gasteiger partial charge in [-0.25, -0.2) is 0 Å². The van der Waals surface area contributed by atoms with E-state index < -0.39 is 4.92 Å². The highest BCUT2D eigenvalue weighted by Gasteiger charge is 2.13. The maximum Gasteiger partial charge on any atom is 0.273 e. The first-order valence-corrected chi connectivity index (χ1v) is 6.80. The summed E-state index contributed by atoms with van der Waals surface area (Å²) in [5, 5.41) is 11.2. The van der Waals surface area contributed by atoms with Gasteiger partial charge in [-0.1, -0.05) is 28.1 Å². The molecular formula is C14H12BrNO3. The normalized spacial score (nSPS) is 10.2. The maximum absolute atomic E-state index is 10.8. The van der Waals surface area contributed by atoms with Crippen molar-refractivity contribution in [1.82, 2.24) is 0 Å². The van der Waals surface area contributed by atoms with Crippen molar-refractivity contribution in [2.75, 3.05) is 0 Å². The minimum Gasteiger partial charge on any atom is -0.457 e. The van der Waals surface area contributed by atoms with Crippen molar-refractivity contribution in [2.24, 2.45) is 0 Å². The summed E-state index contributed by atoms with van der Waals surface area (Å²) in [7, 11) is 0. The van der Waals surface area contributed by atoms with Gasteiger partial charge in [0.25, 0.3) is 5.69 Å². The lowest BCUT2D eigenvalue weighted by atomic mass is 10.2. The van der Waals surface area contributed by atoms with E-state index in [2.05, 4.69) is 15.9 Å². The van der Waals surface area contributed by atoms with E-state index in [1.54, 1.807) is 12.1 Å². The number of ether oxygens (including phenoxy) is 1. The summed E-state index contributed by atoms with van der Waals surface area (Å²) in [5.41, 5.74) is 1.78. The van der Waals surface area contributed by atoms with E-state index >= 15 is 0 Å². The van der Waals surface area contributed by atoms with Crippen LogP contribution in [0.2, 0.25) is 0 Å². The molecule has 0 saturated carbocycles. The van der Waals surface area contributed by atoms with Crippen LogP contribution in [0, 0.1) is 17.0 Å². The monoisotopic (exact) mass is 321 g/mol. The van der Waals surface area contributed by atoms with Crippen LogP contribution >= 0.6 is 15.9 Å². The number of hydrogen-bond acceptors (Lipinski definition) is 3. The van der Waals surface area contributed by atoms with Gasteiger partial charge >= 0.3 is 0 Å². The molecule has 2 aromatic rings. The summed E-state index contributed by atoms with van der Waals surface area (Å²) >= 11 is 3.25. The first-order chi connectivity index (χ1) is 9.10. The quantitative estimate of drug-likeness (QED) is 0.470. The van der Waals surface area contributed by atoms with E-state index in [9.17, 15) is 10.1 Å². The molecule has 4 nitrogen and oxygen atoms in total. The Kier molecular flexibility index (Phi) is 4.16. The fourth-order valence-corrected chi connectivity index (χ4v) is 2.17. The predicted molar refractivity (Wildman–Crippen MR) is 77.0 cm³/mol. The average molecular weight is 322 g/mol. The van der Waals surface area contributed by atoms with Gasteiger partial charge in [-0.05, 0) is 36.8 Å². The van der Waals surface area contributed by atoms with Crippen molar-refractivity contribution < 1.29 is 9.66 Å². The summed E-state index contributed by atoms with van der Waals surface area (Å²) in [4.78, 5) is 10.4. The zero-order chi connectivity index (χ0) is 13.8. The van der Waals surface area contributed by atoms with Crippen LogP contribution in [0.1, 0.15) is 11.1 Å². The van der Waals surface area contributed by atoms with Crippen LogP contribution in [0.25, 0.3) is 0 Å². The number of hydrogen-bond donors (Lipinski definition) is 0. The molecule has 0 aromatic heterocycles. The highest BCUT2D eigenvalue weighted by molar-refractivity contribution is 9.08. The van der Waals surface area contributed by atoms with Crippen molar-refractivity contribution in [3.63, 3.8) is 0 Å². The van der Waals surface area contributed by atoms with Gasteiger partial charge in [0, 0.05) is 17.0 Å². The second kappa shape index (κ2) is 5.84. The lowest BCUT2D eigenvalue weighted by Crippen LogP contribution is -1.94. The molecule has 0 unspecified atom stereocenters. The van der Waals surface area contributed by atoms with E-state index in [1.165, 1.54) is 6.07 Å². The smallest absolute Gasteiger partial charge is 0.273 e. The molecule has 19 heavy (non-hydrogen) atoms. The molecule has 0 amide bonds. The first kappa shape index (κ1) is 13.5. The van der Waals surface area contributed by atoms with Gasteiger partial charge in [0.05, 0.1) is 4.92 Å². The Hall–Kier alpha value is -1.88. The lowest BCUT2D eigenvalue weighted by Gasteiger charge is -2.07. The lowest BCUT2D eigenvalue weighted by molar-refractivity contribution is -0.385. The summed E-state index contributed by atoms with van der Waals surface area (Å²) in [6.45, 7) is 1.98. The third-order valence-corrected chi connectivity index (χ3v) is 3.22. The largest absolute Gasteiger partial charge is 0.457 e. The molecular weight excluding hydrogens is 310 g/mol. The fourth-order valence-electron chi connectivity index (χ4n) is 1.73. The maximum atomic E-state index is 10.8. The summed E-state index contributed by atoms with van der Waals surface area (Å²) in [6, 6.07) is 12.4. The molecule has 0 fully saturated rings. The Morgan fingerprint density at radius 3 is 2.58 bits per heavy atom. The first-order valence-electron chi connectivity index (χ1n) is 5.68. The van der Waals surface area contributed by atoms with Crippen molar-refractivity contribution in [1.29, 1.82) is 0 Å². The van der Waals surface area contributed by atoms with Gasteiger partial charge in [0.1, 0.15) is 11.5 Å². The highest BCUT2D eigenvalue weighted by atomic mass is 79.9. The summed E-state index contributed by atoms with van der Waals surface area (Å²) < 4.78 is 5.69. The molecule has 2 rings (SSSR count). The molecule has 0 bridgehead atoms. The molecule has 0 aliphatic heterocycles. The van der Waals surface area contributed by atoms with Crippen molar-refractivity contribution in [2.45, 2.75) is 12.3 Å². The van der Waals surface area contributed by atoms with Crippen LogP contribution in [0.5, 0.6) is 11.5 Å². The standard InChI is InChI=1S/C14H12BrNO3/c1-10-3-2-4-12(7-10)19-13-5-6-14(16(17)18)11(8-13)9-15/h2-8H,9H2,1H3. The number of rotatable bonds is 4. The van der Waals surface area contributed by atoms with E-state index in [0.29, 0.717) is 16.6 Å². The van der Waals surface area contributed by atoms with Gasteiger partial charge in [0.2, 0.25) is 0 Å². The summed E-state index contributed by atoms with van der Waals surface area (Å²) in [6.07, 6.45) is 0. The fraction of sp³-hybridized carbons (Fsp3) is 0.143. The number of nitro benzene ring substituents is 1. The van der Waals surface area contributed by atoms with Gasteiger partial charge < -0.3 is 4.74 Å². The SMILES string of the molecule is Cc1cccc(Oc2ccc([N+](=O)[O-])c(CBr)c2)c1. The second-order valence-corrected chi connectivity index (χ2v) is 4.66. The van der Waals surface area contributed by atoms with Gasteiger partial charge in [-0.3, -0.25) is 10.1 Å². The molecule has 5 heteroatoms. The van der Waals surface area contributed by atoms with E-state index in [-0.39, 0.29) is 5.69 Å². The third-order valence-electron chi connectivity index (χ3n) is 2.62. The van der Waals surface area contributed by atoms with E-state index in [0.717, 1.165) is 11.3 Å². The Balaban J connectivity index is 2.29. The molecule has 0 N–H and O–H groups in total. The van der Waals surface area contributed by atoms with Crippen LogP contribution < -0.4 is 4.74 Å². The molecule has 0 aliphatic carbocycles. The number of nitro groups is 1. The number of nitrogens with zero attached hydrogens (tertiary/aromatic N) is 1. The number of alkyl halides is 1. The molecule has 0 saturated heterocycles. The number of halogens is 1. The average Bonchev–Trinajstić information content (AvgIpc) is 2.38. The summed E-state index contributed by atoms with van der Waals surface area (Å²) in [5.74, 6) is 1.31. The van der Waals surface area contributed by atoms with Crippen LogP contribution in [0.3, 0.4) is 0 Å². The highest BCUT2D eigenvalue weighted by Crippen LogP contribution is 2.29. The molecule has 0 aliphatic rings. The second-order valence-electron chi connectivity index (χ2n) is 4.10. The zero-order valence-electron chi connectivity index (χ0n) is 10.3. The van der Waals surface area contributed by atoms with Crippen LogP contribution in [0.15, 0.2) is 42.5 Å². The Morgan fingerprint density at radius 1 is 1.21 bits per heavy atom. The van der Waals surface area contributed by atoms with E-state index in [4.69, 9.17) is 4.74 Å². The van der Waals surface area contributed by atoms with Crippen molar-refractivity contribution in [3.8, 4) is 11.5 Å².